The van der Waals surface area contributed by atoms with E-state index in [9.17, 15) is 4.79 Å². The number of amides is 1. The molecule has 1 saturated heterocycles. The van der Waals surface area contributed by atoms with E-state index >= 15 is 0 Å². The van der Waals surface area contributed by atoms with Gasteiger partial charge in [0.1, 0.15) is 0 Å². The van der Waals surface area contributed by atoms with Crippen molar-refractivity contribution in [2.45, 2.75) is 26.2 Å². The molecule has 2 heterocycles. The molecule has 18 heavy (non-hydrogen) atoms. The summed E-state index contributed by atoms with van der Waals surface area (Å²) in [4.78, 5) is 16.5. The number of likely N-dealkylation sites (tertiary alicyclic amines) is 1. The Labute approximate surface area is 119 Å². The zero-order chi connectivity index (χ0) is 12.9. The van der Waals surface area contributed by atoms with Crippen molar-refractivity contribution >= 4 is 33.4 Å². The Bertz CT molecular complexity index is 499. The van der Waals surface area contributed by atoms with Gasteiger partial charge in [-0.3, -0.25) is 0 Å². The molecule has 3 nitrogen and oxygen atoms in total. The van der Waals surface area contributed by atoms with Crippen LogP contribution < -0.4 is 0 Å². The van der Waals surface area contributed by atoms with Crippen molar-refractivity contribution in [1.82, 2.24) is 4.90 Å². The zero-order valence-electron chi connectivity index (χ0n) is 10.5. The lowest BCUT2D eigenvalue weighted by Crippen LogP contribution is -2.30. The Morgan fingerprint density at radius 1 is 1.56 bits per heavy atom. The third-order valence-electron chi connectivity index (χ3n) is 3.90. The number of halogens is 1. The van der Waals surface area contributed by atoms with Crippen LogP contribution in [0.25, 0.3) is 0 Å². The quantitative estimate of drug-likeness (QED) is 0.788. The molecule has 0 bridgehead atoms. The Morgan fingerprint density at radius 3 is 3.06 bits per heavy atom. The van der Waals surface area contributed by atoms with E-state index in [0.717, 1.165) is 19.5 Å². The van der Waals surface area contributed by atoms with Crippen LogP contribution in [0.3, 0.4) is 0 Å². The van der Waals surface area contributed by atoms with Crippen molar-refractivity contribution in [3.63, 3.8) is 0 Å². The van der Waals surface area contributed by atoms with Gasteiger partial charge in [-0.2, -0.15) is 0 Å². The third-order valence-corrected chi connectivity index (χ3v) is 6.52. The molecule has 1 aliphatic carbocycles. The van der Waals surface area contributed by atoms with Crippen LogP contribution in [0.1, 0.15) is 28.2 Å². The summed E-state index contributed by atoms with van der Waals surface area (Å²) in [7, 11) is 0. The maximum atomic E-state index is 11.8. The lowest BCUT2D eigenvalue weighted by atomic mass is 10.0. The minimum Gasteiger partial charge on any atom is -0.450 e. The molecule has 1 aromatic rings. The number of carbonyl (C=O) groups is 1. The molecule has 0 saturated carbocycles. The summed E-state index contributed by atoms with van der Waals surface area (Å²) in [6, 6.07) is 0. The van der Waals surface area contributed by atoms with Gasteiger partial charge in [-0.05, 0) is 47.7 Å². The van der Waals surface area contributed by atoms with Gasteiger partial charge in [0.15, 0.2) is 0 Å². The van der Waals surface area contributed by atoms with Crippen LogP contribution in [0.5, 0.6) is 0 Å². The fourth-order valence-corrected chi connectivity index (χ4v) is 5.10. The summed E-state index contributed by atoms with van der Waals surface area (Å²) in [5, 5.41) is 0. The van der Waals surface area contributed by atoms with Crippen molar-refractivity contribution in [1.29, 1.82) is 0 Å². The van der Waals surface area contributed by atoms with Gasteiger partial charge in [-0.15, -0.1) is 11.3 Å². The molecule has 0 N–H and O–H groups in total. The van der Waals surface area contributed by atoms with Gasteiger partial charge in [-0.25, -0.2) is 4.79 Å². The highest BCUT2D eigenvalue weighted by Gasteiger charge is 2.44. The molecule has 2 aliphatic rings. The maximum absolute atomic E-state index is 11.8. The van der Waals surface area contributed by atoms with E-state index in [1.165, 1.54) is 19.8 Å². The van der Waals surface area contributed by atoms with Crippen LogP contribution in [0.2, 0.25) is 0 Å². The van der Waals surface area contributed by atoms with Crippen molar-refractivity contribution in [2.24, 2.45) is 5.92 Å². The number of hydrogen-bond acceptors (Lipinski definition) is 3. The minimum atomic E-state index is -0.152. The molecule has 2 atom stereocenters. The number of carbonyl (C=O) groups excluding carboxylic acids is 1. The van der Waals surface area contributed by atoms with E-state index in [2.05, 4.69) is 22.9 Å². The molecular weight excluding hydrogens is 314 g/mol. The number of rotatable bonds is 1. The molecule has 1 aromatic heterocycles. The number of nitrogens with zero attached hydrogens (tertiary/aromatic N) is 1. The summed E-state index contributed by atoms with van der Waals surface area (Å²) >= 11 is 5.56. The second-order valence-corrected chi connectivity index (χ2v) is 7.04. The van der Waals surface area contributed by atoms with E-state index < -0.39 is 0 Å². The number of fused-ring (bicyclic) bond motifs is 3. The molecule has 0 spiro atoms. The molecule has 98 valence electrons. The summed E-state index contributed by atoms with van der Waals surface area (Å²) in [5.41, 5.74) is 1.48. The van der Waals surface area contributed by atoms with Crippen LogP contribution in [-0.2, 0) is 11.2 Å². The average Bonchev–Trinajstić information content (AvgIpc) is 2.94. The number of ether oxygens (including phenoxy) is 1. The predicted molar refractivity (Wildman–Crippen MR) is 75.3 cm³/mol. The molecule has 5 heteroatoms. The van der Waals surface area contributed by atoms with Crippen molar-refractivity contribution in [3.8, 4) is 0 Å². The molecule has 1 amide bonds. The first-order valence-electron chi connectivity index (χ1n) is 6.31. The second kappa shape index (κ2) is 4.53. The predicted octanol–water partition coefficient (Wildman–Crippen LogP) is 3.55. The van der Waals surface area contributed by atoms with E-state index in [1.54, 1.807) is 0 Å². The first-order valence-corrected chi connectivity index (χ1v) is 7.92. The van der Waals surface area contributed by atoms with Crippen LogP contribution in [0, 0.1) is 12.8 Å². The average molecular weight is 330 g/mol. The summed E-state index contributed by atoms with van der Waals surface area (Å²) < 4.78 is 6.38. The van der Waals surface area contributed by atoms with E-state index in [4.69, 9.17) is 4.74 Å². The highest BCUT2D eigenvalue weighted by Crippen LogP contribution is 2.50. The molecular formula is C13H16BrNO2S. The standard InChI is InChI=1S/C13H16BrNO2S/c1-3-17-13(16)15-5-8-4-9-11(14)7(2)18-12(9)10(8)6-15/h8,10H,3-6H2,1-2H3. The monoisotopic (exact) mass is 329 g/mol. The summed E-state index contributed by atoms with van der Waals surface area (Å²) in [5.74, 6) is 1.12. The number of thiophene rings is 1. The fraction of sp³-hybridized carbons (Fsp3) is 0.615. The van der Waals surface area contributed by atoms with Crippen molar-refractivity contribution < 1.29 is 9.53 Å². The second-order valence-electron chi connectivity index (χ2n) is 4.99. The highest BCUT2D eigenvalue weighted by atomic mass is 79.9. The van der Waals surface area contributed by atoms with Gasteiger partial charge < -0.3 is 9.64 Å². The largest absolute Gasteiger partial charge is 0.450 e. The van der Waals surface area contributed by atoms with Crippen LogP contribution >= 0.6 is 27.3 Å². The maximum Gasteiger partial charge on any atom is 0.409 e. The first-order chi connectivity index (χ1) is 8.61. The van der Waals surface area contributed by atoms with E-state index in [-0.39, 0.29) is 6.09 Å². The summed E-state index contributed by atoms with van der Waals surface area (Å²) in [6.07, 6.45) is 0.946. The lowest BCUT2D eigenvalue weighted by Gasteiger charge is -2.16. The van der Waals surface area contributed by atoms with Crippen LogP contribution in [0.4, 0.5) is 4.79 Å². The van der Waals surface area contributed by atoms with Crippen molar-refractivity contribution in [3.05, 3.63) is 19.8 Å². The van der Waals surface area contributed by atoms with Gasteiger partial charge in [0.05, 0.1) is 6.61 Å². The first kappa shape index (κ1) is 12.5. The van der Waals surface area contributed by atoms with E-state index in [0.29, 0.717) is 18.4 Å². The van der Waals surface area contributed by atoms with Crippen LogP contribution in [0.15, 0.2) is 4.47 Å². The number of aryl methyl sites for hydroxylation is 1. The Kier molecular flexibility index (Phi) is 3.14. The molecule has 0 radical (unpaired) electrons. The Morgan fingerprint density at radius 2 is 2.33 bits per heavy atom. The normalized spacial score (nSPS) is 25.2. The van der Waals surface area contributed by atoms with Gasteiger partial charge in [0.2, 0.25) is 0 Å². The minimum absolute atomic E-state index is 0.152. The fourth-order valence-electron chi connectivity index (χ4n) is 3.08. The molecule has 0 aromatic carbocycles. The topological polar surface area (TPSA) is 29.5 Å². The molecule has 3 rings (SSSR count). The highest BCUT2D eigenvalue weighted by molar-refractivity contribution is 9.10. The Balaban J connectivity index is 1.80. The summed E-state index contributed by atoms with van der Waals surface area (Å²) in [6.45, 7) is 6.13. The zero-order valence-corrected chi connectivity index (χ0v) is 12.9. The lowest BCUT2D eigenvalue weighted by molar-refractivity contribution is 0.114. The van der Waals surface area contributed by atoms with E-state index in [1.807, 2.05) is 23.2 Å². The third kappa shape index (κ3) is 1.79. The molecule has 1 fully saturated rings. The van der Waals surface area contributed by atoms with Gasteiger partial charge in [-0.1, -0.05) is 0 Å². The van der Waals surface area contributed by atoms with Gasteiger partial charge in [0.25, 0.3) is 0 Å². The van der Waals surface area contributed by atoms with Gasteiger partial charge >= 0.3 is 6.09 Å². The molecule has 2 unspecified atom stereocenters. The van der Waals surface area contributed by atoms with Gasteiger partial charge in [0, 0.05) is 33.2 Å². The Hall–Kier alpha value is -0.550. The van der Waals surface area contributed by atoms with Crippen LogP contribution in [-0.4, -0.2) is 30.7 Å². The number of hydrogen-bond donors (Lipinski definition) is 0. The molecule has 1 aliphatic heterocycles. The smallest absolute Gasteiger partial charge is 0.409 e. The van der Waals surface area contributed by atoms with Crippen molar-refractivity contribution in [2.75, 3.05) is 19.7 Å². The SMILES string of the molecule is CCOC(=O)N1CC2Cc3c(sc(C)c3Br)C2C1.